The first-order chi connectivity index (χ1) is 13.3. The van der Waals surface area contributed by atoms with Gasteiger partial charge < -0.3 is 4.42 Å². The second kappa shape index (κ2) is 5.83. The summed E-state index contributed by atoms with van der Waals surface area (Å²) in [5.74, 6) is 1.53. The summed E-state index contributed by atoms with van der Waals surface area (Å²) in [6.07, 6.45) is 2.28. The van der Waals surface area contributed by atoms with Gasteiger partial charge in [-0.05, 0) is 88.7 Å². The van der Waals surface area contributed by atoms with E-state index < -0.39 is 0 Å². The lowest BCUT2D eigenvalue weighted by Crippen LogP contribution is -1.97. The standard InChI is InChI=1S/C25H18OS/c1-2-4-17-12-21(11-16(17)3-1)18-5-7-23-22(13-18)15-24(26-23)19-6-8-25-20(14-19)9-10-27-25/h1-10,13-15,21H,11-12H2. The molecule has 5 aromatic rings. The van der Waals surface area contributed by atoms with Crippen molar-refractivity contribution in [3.05, 3.63) is 94.9 Å². The second-order valence-electron chi connectivity index (χ2n) is 7.46. The number of furan rings is 1. The molecule has 0 spiro atoms. The molecular formula is C25H18OS. The number of hydrogen-bond donors (Lipinski definition) is 0. The lowest BCUT2D eigenvalue weighted by atomic mass is 9.95. The molecule has 2 heterocycles. The summed E-state index contributed by atoms with van der Waals surface area (Å²) in [5, 5.41) is 4.62. The van der Waals surface area contributed by atoms with Gasteiger partial charge in [-0.1, -0.05) is 30.3 Å². The van der Waals surface area contributed by atoms with Crippen LogP contribution in [0.15, 0.2) is 82.6 Å². The minimum absolute atomic E-state index is 0.576. The third-order valence-electron chi connectivity index (χ3n) is 5.80. The van der Waals surface area contributed by atoms with Gasteiger partial charge in [0.1, 0.15) is 11.3 Å². The Labute approximate surface area is 161 Å². The molecule has 1 nitrogen and oxygen atoms in total. The molecule has 3 aromatic carbocycles. The van der Waals surface area contributed by atoms with E-state index in [1.807, 2.05) is 0 Å². The minimum Gasteiger partial charge on any atom is -0.456 e. The van der Waals surface area contributed by atoms with Gasteiger partial charge in [0.05, 0.1) is 0 Å². The summed E-state index contributed by atoms with van der Waals surface area (Å²) in [6, 6.07) is 26.5. The van der Waals surface area contributed by atoms with E-state index in [0.29, 0.717) is 5.92 Å². The first kappa shape index (κ1) is 15.2. The van der Waals surface area contributed by atoms with Crippen LogP contribution in [-0.2, 0) is 12.8 Å². The normalized spacial score (nSPS) is 14.2. The Hall–Kier alpha value is -2.84. The number of benzene rings is 3. The van der Waals surface area contributed by atoms with Crippen LogP contribution in [0.4, 0.5) is 0 Å². The number of rotatable bonds is 2. The van der Waals surface area contributed by atoms with Crippen molar-refractivity contribution in [2.24, 2.45) is 0 Å². The maximum atomic E-state index is 6.16. The molecule has 0 saturated heterocycles. The quantitative estimate of drug-likeness (QED) is 0.322. The van der Waals surface area contributed by atoms with E-state index in [2.05, 4.69) is 78.2 Å². The summed E-state index contributed by atoms with van der Waals surface area (Å²) >= 11 is 1.78. The smallest absolute Gasteiger partial charge is 0.135 e. The minimum atomic E-state index is 0.576. The number of fused-ring (bicyclic) bond motifs is 3. The number of hydrogen-bond acceptors (Lipinski definition) is 2. The van der Waals surface area contributed by atoms with Gasteiger partial charge in [0.15, 0.2) is 0 Å². The highest BCUT2D eigenvalue weighted by atomic mass is 32.1. The van der Waals surface area contributed by atoms with Crippen molar-refractivity contribution < 1.29 is 4.42 Å². The molecule has 0 radical (unpaired) electrons. The molecule has 0 amide bonds. The summed E-state index contributed by atoms with van der Waals surface area (Å²) in [4.78, 5) is 0. The third-order valence-corrected chi connectivity index (χ3v) is 6.70. The van der Waals surface area contributed by atoms with Crippen LogP contribution in [0.2, 0.25) is 0 Å². The first-order valence-corrected chi connectivity index (χ1v) is 10.3. The Morgan fingerprint density at radius 2 is 1.63 bits per heavy atom. The summed E-state index contributed by atoms with van der Waals surface area (Å²) < 4.78 is 7.48. The molecule has 1 aliphatic carbocycles. The van der Waals surface area contributed by atoms with Crippen LogP contribution in [0.5, 0.6) is 0 Å². The summed E-state index contributed by atoms with van der Waals surface area (Å²) in [7, 11) is 0. The predicted octanol–water partition coefficient (Wildman–Crippen LogP) is 7.20. The van der Waals surface area contributed by atoms with Crippen molar-refractivity contribution >= 4 is 32.4 Å². The Bertz CT molecular complexity index is 1270. The lowest BCUT2D eigenvalue weighted by molar-refractivity contribution is 0.631. The molecule has 0 N–H and O–H groups in total. The molecule has 6 rings (SSSR count). The zero-order valence-electron chi connectivity index (χ0n) is 14.8. The van der Waals surface area contributed by atoms with E-state index in [4.69, 9.17) is 4.42 Å². The van der Waals surface area contributed by atoms with Crippen molar-refractivity contribution in [3.8, 4) is 11.3 Å². The van der Waals surface area contributed by atoms with Crippen molar-refractivity contribution in [1.29, 1.82) is 0 Å². The molecule has 1 aliphatic rings. The highest BCUT2D eigenvalue weighted by Crippen LogP contribution is 2.37. The van der Waals surface area contributed by atoms with Gasteiger partial charge in [-0.3, -0.25) is 0 Å². The average molecular weight is 366 g/mol. The Balaban J connectivity index is 1.37. The zero-order valence-corrected chi connectivity index (χ0v) is 15.6. The van der Waals surface area contributed by atoms with Gasteiger partial charge in [0.25, 0.3) is 0 Å². The van der Waals surface area contributed by atoms with E-state index in [-0.39, 0.29) is 0 Å². The molecule has 2 heteroatoms. The molecule has 0 aliphatic heterocycles. The van der Waals surface area contributed by atoms with Gasteiger partial charge >= 0.3 is 0 Å². The van der Waals surface area contributed by atoms with Crippen LogP contribution in [0.25, 0.3) is 32.4 Å². The van der Waals surface area contributed by atoms with E-state index in [1.54, 1.807) is 11.3 Å². The van der Waals surface area contributed by atoms with Crippen molar-refractivity contribution in [1.82, 2.24) is 0 Å². The summed E-state index contributed by atoms with van der Waals surface area (Å²) in [5.41, 5.74) is 6.53. The molecule has 0 unspecified atom stereocenters. The Morgan fingerprint density at radius 3 is 2.48 bits per heavy atom. The molecule has 0 saturated carbocycles. The fraction of sp³-hybridized carbons (Fsp3) is 0.120. The van der Waals surface area contributed by atoms with Gasteiger partial charge in [-0.25, -0.2) is 0 Å². The maximum Gasteiger partial charge on any atom is 0.135 e. The van der Waals surface area contributed by atoms with Crippen LogP contribution in [0, 0.1) is 0 Å². The van der Waals surface area contributed by atoms with E-state index in [1.165, 1.54) is 32.2 Å². The van der Waals surface area contributed by atoms with Crippen molar-refractivity contribution in [2.75, 3.05) is 0 Å². The Kier molecular flexibility index (Phi) is 3.29. The highest BCUT2D eigenvalue weighted by Gasteiger charge is 2.22. The van der Waals surface area contributed by atoms with Crippen LogP contribution >= 0.6 is 11.3 Å². The topological polar surface area (TPSA) is 13.1 Å². The van der Waals surface area contributed by atoms with Crippen molar-refractivity contribution in [3.63, 3.8) is 0 Å². The van der Waals surface area contributed by atoms with Gasteiger partial charge in [-0.2, -0.15) is 0 Å². The molecule has 130 valence electrons. The van der Waals surface area contributed by atoms with Gasteiger partial charge in [-0.15, -0.1) is 11.3 Å². The summed E-state index contributed by atoms with van der Waals surface area (Å²) in [6.45, 7) is 0. The second-order valence-corrected chi connectivity index (χ2v) is 8.40. The van der Waals surface area contributed by atoms with Crippen LogP contribution in [0.1, 0.15) is 22.6 Å². The molecule has 2 aromatic heterocycles. The van der Waals surface area contributed by atoms with Crippen molar-refractivity contribution in [2.45, 2.75) is 18.8 Å². The number of thiophene rings is 1. The maximum absolute atomic E-state index is 6.16. The first-order valence-electron chi connectivity index (χ1n) is 9.41. The monoisotopic (exact) mass is 366 g/mol. The molecule has 0 bridgehead atoms. The fourth-order valence-corrected chi connectivity index (χ4v) is 5.14. The molecule has 0 fully saturated rings. The third kappa shape index (κ3) is 2.52. The molecule has 27 heavy (non-hydrogen) atoms. The molecular weight excluding hydrogens is 348 g/mol. The average Bonchev–Trinajstić information content (AvgIpc) is 3.42. The SMILES string of the molecule is c1ccc2c(c1)CC(c1ccc3oc(-c4ccc5sccc5c4)cc3c1)C2. The van der Waals surface area contributed by atoms with Crippen LogP contribution < -0.4 is 0 Å². The lowest BCUT2D eigenvalue weighted by Gasteiger charge is -2.09. The largest absolute Gasteiger partial charge is 0.456 e. The fourth-order valence-electron chi connectivity index (χ4n) is 4.37. The van der Waals surface area contributed by atoms with Crippen LogP contribution in [0.3, 0.4) is 0 Å². The van der Waals surface area contributed by atoms with E-state index >= 15 is 0 Å². The van der Waals surface area contributed by atoms with Gasteiger partial charge in [0.2, 0.25) is 0 Å². The zero-order chi connectivity index (χ0) is 17.8. The predicted molar refractivity (Wildman–Crippen MR) is 114 cm³/mol. The van der Waals surface area contributed by atoms with Gasteiger partial charge in [0, 0.05) is 15.6 Å². The Morgan fingerprint density at radius 1 is 0.778 bits per heavy atom. The van der Waals surface area contributed by atoms with Crippen LogP contribution in [-0.4, -0.2) is 0 Å². The van der Waals surface area contributed by atoms with E-state index in [9.17, 15) is 0 Å². The van der Waals surface area contributed by atoms with E-state index in [0.717, 1.165) is 29.7 Å². The molecule has 0 atom stereocenters. The highest BCUT2D eigenvalue weighted by molar-refractivity contribution is 7.17.